The number of benzene rings is 3. The summed E-state index contributed by atoms with van der Waals surface area (Å²) in [5, 5.41) is 0. The van der Waals surface area contributed by atoms with Crippen molar-refractivity contribution in [2.24, 2.45) is 0 Å². The smallest absolute Gasteiger partial charge is 0.268 e. The number of sulfonamides is 1. The van der Waals surface area contributed by atoms with Crippen LogP contribution in [0.4, 0.5) is 5.69 Å². The van der Waals surface area contributed by atoms with Gasteiger partial charge in [0.25, 0.3) is 10.0 Å². The first-order chi connectivity index (χ1) is 16.9. The maximum Gasteiger partial charge on any atom is 0.268 e. The van der Waals surface area contributed by atoms with Gasteiger partial charge in [-0.15, -0.1) is 0 Å². The zero-order valence-corrected chi connectivity index (χ0v) is 21.0. The van der Waals surface area contributed by atoms with Crippen LogP contribution in [-0.4, -0.2) is 58.1 Å². The van der Waals surface area contributed by atoms with Crippen molar-refractivity contribution in [1.29, 1.82) is 0 Å². The number of ether oxygens (including phenoxy) is 1. The molecule has 182 valence electrons. The lowest BCUT2D eigenvalue weighted by Crippen LogP contribution is -2.46. The summed E-state index contributed by atoms with van der Waals surface area (Å²) in [6, 6.07) is 24.4. The Morgan fingerprint density at radius 2 is 1.54 bits per heavy atom. The van der Waals surface area contributed by atoms with Gasteiger partial charge in [-0.3, -0.25) is 4.90 Å². The van der Waals surface area contributed by atoms with Crippen molar-refractivity contribution in [3.63, 3.8) is 0 Å². The summed E-state index contributed by atoms with van der Waals surface area (Å²) >= 11 is 0. The number of hydrogen-bond acceptors (Lipinski definition) is 5. The Hall–Kier alpha value is -3.13. The van der Waals surface area contributed by atoms with E-state index < -0.39 is 10.0 Å². The summed E-state index contributed by atoms with van der Waals surface area (Å²) in [6.07, 6.45) is 1.93. The molecular formula is C28H31N3O3S. The number of para-hydroxylation sites is 2. The number of hydrogen-bond donors (Lipinski definition) is 0. The maximum atomic E-state index is 14.0. The number of anilines is 1. The van der Waals surface area contributed by atoms with Crippen LogP contribution in [-0.2, 0) is 10.0 Å². The quantitative estimate of drug-likeness (QED) is 0.512. The van der Waals surface area contributed by atoms with E-state index in [-0.39, 0.29) is 17.5 Å². The molecule has 35 heavy (non-hydrogen) atoms. The van der Waals surface area contributed by atoms with Gasteiger partial charge in [0, 0.05) is 31.7 Å². The minimum Gasteiger partial charge on any atom is -0.489 e. The highest BCUT2D eigenvalue weighted by Crippen LogP contribution is 2.48. The first-order valence-corrected chi connectivity index (χ1v) is 13.4. The van der Waals surface area contributed by atoms with Crippen molar-refractivity contribution in [3.8, 4) is 5.75 Å². The Morgan fingerprint density at radius 3 is 2.26 bits per heavy atom. The predicted molar refractivity (Wildman–Crippen MR) is 139 cm³/mol. The van der Waals surface area contributed by atoms with E-state index in [1.54, 1.807) is 12.1 Å². The summed E-state index contributed by atoms with van der Waals surface area (Å²) in [7, 11) is -1.70. The summed E-state index contributed by atoms with van der Waals surface area (Å²) in [5.74, 6) is 0.754. The van der Waals surface area contributed by atoms with Gasteiger partial charge in [0.2, 0.25) is 0 Å². The molecule has 2 aliphatic rings. The topological polar surface area (TPSA) is 53.1 Å². The van der Waals surface area contributed by atoms with Gasteiger partial charge in [-0.25, -0.2) is 12.7 Å². The van der Waals surface area contributed by atoms with Crippen LogP contribution in [0.5, 0.6) is 5.75 Å². The lowest BCUT2D eigenvalue weighted by Gasteiger charge is -2.37. The highest BCUT2D eigenvalue weighted by Gasteiger charge is 2.43. The van der Waals surface area contributed by atoms with Crippen molar-refractivity contribution >= 4 is 15.7 Å². The molecule has 1 atom stereocenters. The van der Waals surface area contributed by atoms with Gasteiger partial charge in [0.15, 0.2) is 0 Å². The van der Waals surface area contributed by atoms with E-state index >= 15 is 0 Å². The van der Waals surface area contributed by atoms with Gasteiger partial charge >= 0.3 is 0 Å². The lowest BCUT2D eigenvalue weighted by atomic mass is 10.0. The molecule has 0 amide bonds. The van der Waals surface area contributed by atoms with Crippen molar-refractivity contribution in [2.45, 2.75) is 17.9 Å². The van der Waals surface area contributed by atoms with E-state index in [4.69, 9.17) is 4.74 Å². The average Bonchev–Trinajstić information content (AvgIpc) is 3.20. The van der Waals surface area contributed by atoms with E-state index in [9.17, 15) is 8.42 Å². The zero-order chi connectivity index (χ0) is 24.4. The SMILES string of the molecule is Cc1ccc(S(=O)(=O)N2/C(=C/COc3ccccc3)[C@@H](N3CCN(C)CC3)c3ccccc32)cc1. The molecule has 0 radical (unpaired) electrons. The van der Waals surface area contributed by atoms with Crippen molar-refractivity contribution in [1.82, 2.24) is 9.80 Å². The monoisotopic (exact) mass is 489 g/mol. The standard InChI is InChI=1S/C28H31N3O3S/c1-22-12-14-24(15-13-22)35(32,33)31-26-11-7-6-10-25(26)28(30-19-17-29(2)18-20-30)27(31)16-21-34-23-8-4-3-5-9-23/h3-16,28H,17-21H2,1-2H3/b27-16+/t28-/m0/s1. The number of likely N-dealkylation sites (N-methyl/N-ethyl adjacent to an activating group) is 1. The van der Waals surface area contributed by atoms with Gasteiger partial charge in [-0.05, 0) is 50.4 Å². The van der Waals surface area contributed by atoms with Crippen LogP contribution in [0.3, 0.4) is 0 Å². The molecule has 3 aromatic rings. The van der Waals surface area contributed by atoms with Crippen LogP contribution in [0.15, 0.2) is 95.5 Å². The third kappa shape index (κ3) is 4.72. The molecule has 0 spiro atoms. The Kier molecular flexibility index (Phi) is 6.65. The molecule has 7 heteroatoms. The fourth-order valence-electron chi connectivity index (χ4n) is 4.80. The first-order valence-electron chi connectivity index (χ1n) is 12.0. The molecule has 1 fully saturated rings. The van der Waals surface area contributed by atoms with Crippen LogP contribution in [0.1, 0.15) is 17.2 Å². The second kappa shape index (κ2) is 9.85. The van der Waals surface area contributed by atoms with Gasteiger partial charge in [-0.1, -0.05) is 54.1 Å². The number of aryl methyl sites for hydroxylation is 1. The van der Waals surface area contributed by atoms with Crippen LogP contribution >= 0.6 is 0 Å². The minimum atomic E-state index is -3.82. The molecule has 3 aromatic carbocycles. The van der Waals surface area contributed by atoms with E-state index in [1.807, 2.05) is 73.7 Å². The van der Waals surface area contributed by atoms with Crippen LogP contribution in [0.25, 0.3) is 0 Å². The van der Waals surface area contributed by atoms with E-state index in [1.165, 1.54) is 4.31 Å². The van der Waals surface area contributed by atoms with Crippen molar-refractivity contribution < 1.29 is 13.2 Å². The number of nitrogens with zero attached hydrogens (tertiary/aromatic N) is 3. The molecule has 0 aliphatic carbocycles. The molecule has 2 aliphatic heterocycles. The predicted octanol–water partition coefficient (Wildman–Crippen LogP) is 4.46. The van der Waals surface area contributed by atoms with E-state index in [2.05, 4.69) is 22.9 Å². The van der Waals surface area contributed by atoms with Crippen LogP contribution in [0.2, 0.25) is 0 Å². The third-order valence-electron chi connectivity index (χ3n) is 6.71. The maximum absolute atomic E-state index is 14.0. The zero-order valence-electron chi connectivity index (χ0n) is 20.2. The summed E-state index contributed by atoms with van der Waals surface area (Å²) in [6.45, 7) is 5.85. The van der Waals surface area contributed by atoms with Crippen LogP contribution in [0, 0.1) is 6.92 Å². The molecule has 2 heterocycles. The molecule has 1 saturated heterocycles. The Morgan fingerprint density at radius 1 is 0.886 bits per heavy atom. The molecule has 5 rings (SSSR count). The van der Waals surface area contributed by atoms with E-state index in [0.29, 0.717) is 5.69 Å². The molecule has 0 unspecified atom stereocenters. The third-order valence-corrected chi connectivity index (χ3v) is 8.47. The largest absolute Gasteiger partial charge is 0.489 e. The van der Waals surface area contributed by atoms with Gasteiger partial charge in [0.05, 0.1) is 22.3 Å². The molecule has 0 aromatic heterocycles. The van der Waals surface area contributed by atoms with E-state index in [0.717, 1.165) is 48.8 Å². The Bertz CT molecular complexity index is 1300. The number of piperazine rings is 1. The summed E-state index contributed by atoms with van der Waals surface area (Å²) in [4.78, 5) is 4.98. The van der Waals surface area contributed by atoms with Gasteiger partial charge in [-0.2, -0.15) is 0 Å². The first kappa shape index (κ1) is 23.6. The molecule has 0 bridgehead atoms. The fourth-order valence-corrected chi connectivity index (χ4v) is 6.36. The van der Waals surface area contributed by atoms with Gasteiger partial charge < -0.3 is 9.64 Å². The van der Waals surface area contributed by atoms with Gasteiger partial charge in [0.1, 0.15) is 12.4 Å². The van der Waals surface area contributed by atoms with Crippen molar-refractivity contribution in [2.75, 3.05) is 44.1 Å². The number of fused-ring (bicyclic) bond motifs is 1. The molecule has 6 nitrogen and oxygen atoms in total. The Balaban J connectivity index is 1.58. The highest BCUT2D eigenvalue weighted by atomic mass is 32.2. The fraction of sp³-hybridized carbons (Fsp3) is 0.286. The normalized spacial score (nSPS) is 20.2. The van der Waals surface area contributed by atoms with Crippen molar-refractivity contribution in [3.05, 3.63) is 102 Å². The number of rotatable bonds is 6. The highest BCUT2D eigenvalue weighted by molar-refractivity contribution is 7.93. The lowest BCUT2D eigenvalue weighted by molar-refractivity contribution is 0.127. The molecular weight excluding hydrogens is 458 g/mol. The summed E-state index contributed by atoms with van der Waals surface area (Å²) < 4.78 is 35.6. The molecule has 0 saturated carbocycles. The Labute approximate surface area is 208 Å². The second-order valence-corrected chi connectivity index (χ2v) is 10.9. The second-order valence-electron chi connectivity index (χ2n) is 9.14. The minimum absolute atomic E-state index is 0.153. The van der Waals surface area contributed by atoms with Crippen LogP contribution < -0.4 is 9.04 Å². The summed E-state index contributed by atoms with van der Waals surface area (Å²) in [5.41, 5.74) is 3.47. The molecule has 0 N–H and O–H groups in total. The average molecular weight is 490 g/mol.